The van der Waals surface area contributed by atoms with Crippen molar-refractivity contribution in [2.45, 2.75) is 91.4 Å². The Hall–Kier alpha value is -0.790. The third-order valence-electron chi connectivity index (χ3n) is 9.88. The molecule has 0 bridgehead atoms. The zero-order valence-electron chi connectivity index (χ0n) is 18.0. The Kier molecular flexibility index (Phi) is 6.43. The smallest absolute Gasteiger partial charge is 0.290 e. The molecule has 4 rings (SSSR count). The summed E-state index contributed by atoms with van der Waals surface area (Å²) in [7, 11) is 0. The van der Waals surface area contributed by atoms with Crippen LogP contribution in [0.4, 0.5) is 0 Å². The Morgan fingerprint density at radius 1 is 1.00 bits per heavy atom. The van der Waals surface area contributed by atoms with Crippen LogP contribution in [0, 0.1) is 46.3 Å². The third-order valence-corrected chi connectivity index (χ3v) is 9.88. The molecule has 4 saturated carbocycles. The van der Waals surface area contributed by atoms with Crippen LogP contribution in [0.25, 0.3) is 0 Å². The van der Waals surface area contributed by atoms with Crippen molar-refractivity contribution in [2.24, 2.45) is 46.3 Å². The largest absolute Gasteiger partial charge is 0.483 e. The topological polar surface area (TPSA) is 37.3 Å². The van der Waals surface area contributed by atoms with Gasteiger partial charge in [0.25, 0.3) is 6.47 Å². The van der Waals surface area contributed by atoms with Crippen LogP contribution in [0.2, 0.25) is 0 Å². The molecule has 0 amide bonds. The molecule has 8 atom stereocenters. The SMILES string of the molecule is C=CC[C@@H](C)[C@H]1CC[C@H]2[C@@H]3CCC4CCCC[C@]4(C)[C@H]3CC[C@]12C.O=CO. The first-order valence-electron chi connectivity index (χ1n) is 11.6. The number of carboxylic acid groups (broad SMARTS) is 1. The molecule has 0 radical (unpaired) electrons. The molecule has 4 aliphatic rings. The maximum absolute atomic E-state index is 8.36. The van der Waals surface area contributed by atoms with Crippen molar-refractivity contribution in [3.63, 3.8) is 0 Å². The average Bonchev–Trinajstić information content (AvgIpc) is 2.99. The molecule has 0 aromatic carbocycles. The third kappa shape index (κ3) is 3.51. The second kappa shape index (κ2) is 8.29. The van der Waals surface area contributed by atoms with Crippen molar-refractivity contribution in [2.75, 3.05) is 0 Å². The molecular weight excluding hydrogens is 332 g/mol. The number of rotatable bonds is 3. The minimum Gasteiger partial charge on any atom is -0.483 e. The quantitative estimate of drug-likeness (QED) is 0.429. The van der Waals surface area contributed by atoms with E-state index in [1.807, 2.05) is 0 Å². The number of carbonyl (C=O) groups is 1. The van der Waals surface area contributed by atoms with Gasteiger partial charge in [-0.05, 0) is 104 Å². The van der Waals surface area contributed by atoms with Crippen molar-refractivity contribution in [1.82, 2.24) is 0 Å². The molecule has 27 heavy (non-hydrogen) atoms. The highest BCUT2D eigenvalue weighted by atomic mass is 16.3. The van der Waals surface area contributed by atoms with Gasteiger partial charge in [-0.25, -0.2) is 0 Å². The molecule has 1 N–H and O–H groups in total. The van der Waals surface area contributed by atoms with Gasteiger partial charge in [-0.1, -0.05) is 39.7 Å². The molecule has 4 fully saturated rings. The lowest BCUT2D eigenvalue weighted by atomic mass is 9.44. The van der Waals surface area contributed by atoms with Gasteiger partial charge in [0.05, 0.1) is 0 Å². The molecule has 4 aliphatic carbocycles. The Balaban J connectivity index is 0.000000659. The summed E-state index contributed by atoms with van der Waals surface area (Å²) in [6, 6.07) is 0. The first-order valence-corrected chi connectivity index (χ1v) is 11.6. The van der Waals surface area contributed by atoms with Gasteiger partial charge in [-0.3, -0.25) is 4.79 Å². The van der Waals surface area contributed by atoms with Crippen LogP contribution >= 0.6 is 0 Å². The highest BCUT2D eigenvalue weighted by Gasteiger charge is 2.59. The van der Waals surface area contributed by atoms with Crippen LogP contribution < -0.4 is 0 Å². The van der Waals surface area contributed by atoms with Gasteiger partial charge in [-0.15, -0.1) is 6.58 Å². The molecule has 0 aromatic heterocycles. The van der Waals surface area contributed by atoms with Gasteiger partial charge < -0.3 is 5.11 Å². The molecule has 0 heterocycles. The zero-order chi connectivity index (χ0) is 19.7. The van der Waals surface area contributed by atoms with Crippen molar-refractivity contribution in [1.29, 1.82) is 0 Å². The molecule has 154 valence electrons. The van der Waals surface area contributed by atoms with Crippen LogP contribution in [-0.2, 0) is 4.79 Å². The number of hydrogen-bond acceptors (Lipinski definition) is 1. The van der Waals surface area contributed by atoms with Gasteiger partial charge in [0.2, 0.25) is 0 Å². The summed E-state index contributed by atoms with van der Waals surface area (Å²) in [5.41, 5.74) is 1.34. The Labute approximate surface area is 167 Å². The fourth-order valence-electron chi connectivity index (χ4n) is 8.70. The predicted molar refractivity (Wildman–Crippen MR) is 113 cm³/mol. The van der Waals surface area contributed by atoms with Crippen molar-refractivity contribution in [3.8, 4) is 0 Å². The second-order valence-corrected chi connectivity index (χ2v) is 10.7. The van der Waals surface area contributed by atoms with E-state index in [0.29, 0.717) is 10.8 Å². The Morgan fingerprint density at radius 2 is 1.70 bits per heavy atom. The van der Waals surface area contributed by atoms with E-state index in [1.54, 1.807) is 32.1 Å². The Bertz CT molecular complexity index is 528. The lowest BCUT2D eigenvalue weighted by Crippen LogP contribution is -2.53. The first kappa shape index (κ1) is 20.9. The molecule has 2 heteroatoms. The van der Waals surface area contributed by atoms with Crippen LogP contribution in [0.1, 0.15) is 91.4 Å². The zero-order valence-corrected chi connectivity index (χ0v) is 18.0. The van der Waals surface area contributed by atoms with Crippen LogP contribution in [0.3, 0.4) is 0 Å². The number of fused-ring (bicyclic) bond motifs is 5. The number of allylic oxidation sites excluding steroid dienone is 1. The van der Waals surface area contributed by atoms with E-state index in [9.17, 15) is 0 Å². The average molecular weight is 375 g/mol. The predicted octanol–water partition coefficient (Wildman–Crippen LogP) is 6.95. The molecule has 1 unspecified atom stereocenters. The molecular formula is C25H42O2. The minimum atomic E-state index is -0.250. The fraction of sp³-hybridized carbons (Fsp3) is 0.880. The van der Waals surface area contributed by atoms with E-state index in [-0.39, 0.29) is 6.47 Å². The Morgan fingerprint density at radius 3 is 2.41 bits per heavy atom. The van der Waals surface area contributed by atoms with Gasteiger partial charge in [-0.2, -0.15) is 0 Å². The summed E-state index contributed by atoms with van der Waals surface area (Å²) >= 11 is 0. The molecule has 0 saturated heterocycles. The fourth-order valence-corrected chi connectivity index (χ4v) is 8.70. The first-order chi connectivity index (χ1) is 12.9. The number of hydrogen-bond donors (Lipinski definition) is 1. The van der Waals surface area contributed by atoms with Gasteiger partial charge in [0.15, 0.2) is 0 Å². The van der Waals surface area contributed by atoms with Gasteiger partial charge in [0.1, 0.15) is 0 Å². The maximum atomic E-state index is 8.36. The van der Waals surface area contributed by atoms with E-state index >= 15 is 0 Å². The second-order valence-electron chi connectivity index (χ2n) is 10.7. The van der Waals surface area contributed by atoms with E-state index in [1.165, 1.54) is 38.5 Å². The van der Waals surface area contributed by atoms with E-state index < -0.39 is 0 Å². The van der Waals surface area contributed by atoms with Gasteiger partial charge >= 0.3 is 0 Å². The van der Waals surface area contributed by atoms with E-state index in [2.05, 4.69) is 33.4 Å². The summed E-state index contributed by atoms with van der Waals surface area (Å²) in [5.74, 6) is 6.02. The van der Waals surface area contributed by atoms with Crippen LogP contribution in [-0.4, -0.2) is 11.6 Å². The maximum Gasteiger partial charge on any atom is 0.290 e. The van der Waals surface area contributed by atoms with Crippen molar-refractivity contribution in [3.05, 3.63) is 12.7 Å². The summed E-state index contributed by atoms with van der Waals surface area (Å²) in [6.07, 6.45) is 18.7. The molecule has 0 aromatic rings. The van der Waals surface area contributed by atoms with Crippen LogP contribution in [0.15, 0.2) is 12.7 Å². The molecule has 0 spiro atoms. The summed E-state index contributed by atoms with van der Waals surface area (Å²) in [5, 5.41) is 6.89. The summed E-state index contributed by atoms with van der Waals surface area (Å²) < 4.78 is 0. The van der Waals surface area contributed by atoms with Crippen molar-refractivity contribution >= 4 is 6.47 Å². The van der Waals surface area contributed by atoms with E-state index in [0.717, 1.165) is 35.5 Å². The lowest BCUT2D eigenvalue weighted by Gasteiger charge is -2.61. The van der Waals surface area contributed by atoms with Gasteiger partial charge in [0, 0.05) is 0 Å². The lowest BCUT2D eigenvalue weighted by molar-refractivity contribution is -0.122. The van der Waals surface area contributed by atoms with E-state index in [4.69, 9.17) is 9.90 Å². The van der Waals surface area contributed by atoms with Crippen LogP contribution in [0.5, 0.6) is 0 Å². The molecule has 2 nitrogen and oxygen atoms in total. The highest BCUT2D eigenvalue weighted by Crippen LogP contribution is 2.68. The standard InChI is InChI=1S/C24H40.CH2O2/c1-5-8-17(2)20-12-13-21-19-11-10-18-9-6-7-15-23(18,3)22(19)14-16-24(20,21)4;2-1-3/h5,17-22H,1,6-16H2,2-4H3;1H,(H,2,3)/t17-,18?,19+,20-,21+,22+,23+,24-;/m1./s1. The monoisotopic (exact) mass is 374 g/mol. The summed E-state index contributed by atoms with van der Waals surface area (Å²) in [6.45, 7) is 11.7. The van der Waals surface area contributed by atoms with Crippen molar-refractivity contribution < 1.29 is 9.90 Å². The minimum absolute atomic E-state index is 0.250. The molecule has 0 aliphatic heterocycles. The normalized spacial score (nSPS) is 46.7. The highest BCUT2D eigenvalue weighted by molar-refractivity contribution is 5.32. The summed E-state index contributed by atoms with van der Waals surface area (Å²) in [4.78, 5) is 8.36.